The van der Waals surface area contributed by atoms with E-state index in [-0.39, 0.29) is 21.8 Å². The first kappa shape index (κ1) is 21.8. The van der Waals surface area contributed by atoms with Gasteiger partial charge >= 0.3 is 24.2 Å². The number of anilines is 1. The van der Waals surface area contributed by atoms with Crippen molar-refractivity contribution in [3.05, 3.63) is 41.0 Å². The fraction of sp³-hybridized carbons (Fsp3) is 0.429. The smallest absolute Gasteiger partial charge is 0.397 e. The molecule has 156 valence electrons. The third-order valence-corrected chi connectivity index (χ3v) is 3.64. The van der Waals surface area contributed by atoms with E-state index in [1.807, 2.05) is 0 Å². The number of aryl methyl sites for hydroxylation is 1. The highest BCUT2D eigenvalue weighted by atomic mass is 19.4. The number of alkyl halides is 10. The SMILES string of the molecule is Cc1nc(Cn2nc(C(F)(F)C(F)(F)C(F)(F)F)cc2C(F)(F)F)ccc1N. The molecule has 0 saturated heterocycles. The van der Waals surface area contributed by atoms with Crippen LogP contribution in [0.2, 0.25) is 0 Å². The quantitative estimate of drug-likeness (QED) is 0.735. The average molecular weight is 424 g/mol. The van der Waals surface area contributed by atoms with E-state index < -0.39 is 48.2 Å². The summed E-state index contributed by atoms with van der Waals surface area (Å²) in [6.07, 6.45) is -12.1. The normalized spacial score (nSPS) is 13.8. The second-order valence-corrected chi connectivity index (χ2v) is 5.69. The second kappa shape index (κ2) is 6.51. The molecule has 0 amide bonds. The number of aromatic nitrogens is 3. The van der Waals surface area contributed by atoms with Gasteiger partial charge in [0, 0.05) is 0 Å². The highest BCUT2D eigenvalue weighted by Crippen LogP contribution is 2.52. The van der Waals surface area contributed by atoms with Crippen LogP contribution in [0.3, 0.4) is 0 Å². The van der Waals surface area contributed by atoms with Gasteiger partial charge in [-0.2, -0.15) is 49.0 Å². The Hall–Kier alpha value is -2.54. The van der Waals surface area contributed by atoms with Gasteiger partial charge in [0.05, 0.1) is 23.6 Å². The molecule has 0 aliphatic carbocycles. The molecule has 0 fully saturated rings. The molecule has 28 heavy (non-hydrogen) atoms. The molecule has 2 rings (SSSR count). The predicted molar refractivity (Wildman–Crippen MR) is 74.6 cm³/mol. The summed E-state index contributed by atoms with van der Waals surface area (Å²) in [5.74, 6) is -12.7. The molecule has 0 atom stereocenters. The minimum Gasteiger partial charge on any atom is -0.397 e. The van der Waals surface area contributed by atoms with Crippen LogP contribution in [0.5, 0.6) is 0 Å². The van der Waals surface area contributed by atoms with E-state index in [0.717, 1.165) is 6.07 Å². The Labute approximate surface area is 150 Å². The van der Waals surface area contributed by atoms with Gasteiger partial charge < -0.3 is 5.73 Å². The van der Waals surface area contributed by atoms with Crippen LogP contribution in [-0.4, -0.2) is 26.9 Å². The molecule has 0 spiro atoms. The van der Waals surface area contributed by atoms with Crippen molar-refractivity contribution < 1.29 is 43.9 Å². The average Bonchev–Trinajstić information content (AvgIpc) is 2.94. The van der Waals surface area contributed by atoms with Crippen molar-refractivity contribution in [1.82, 2.24) is 14.8 Å². The number of pyridine rings is 1. The molecule has 4 nitrogen and oxygen atoms in total. The molecule has 0 saturated carbocycles. The lowest BCUT2D eigenvalue weighted by Gasteiger charge is -2.26. The Morgan fingerprint density at radius 1 is 0.964 bits per heavy atom. The Kier molecular flexibility index (Phi) is 5.06. The van der Waals surface area contributed by atoms with Gasteiger partial charge in [0.1, 0.15) is 11.4 Å². The van der Waals surface area contributed by atoms with Gasteiger partial charge in [-0.1, -0.05) is 0 Å². The van der Waals surface area contributed by atoms with Gasteiger partial charge in [-0.25, -0.2) is 0 Å². The summed E-state index contributed by atoms with van der Waals surface area (Å²) < 4.78 is 130. The predicted octanol–water partition coefficient (Wildman–Crippen LogP) is 4.53. The minimum absolute atomic E-state index is 0.164. The number of halogens is 10. The molecule has 0 aliphatic rings. The summed E-state index contributed by atoms with van der Waals surface area (Å²) in [7, 11) is 0. The standard InChI is InChI=1S/C14H10F10N4/c1-6-8(25)3-2-7(26-6)5-28-10(12(17,18)19)4-9(27-28)11(15,16)13(20,21)14(22,23)24/h2-4H,5,25H2,1H3. The number of rotatable bonds is 4. The van der Waals surface area contributed by atoms with E-state index in [1.165, 1.54) is 13.0 Å². The Balaban J connectivity index is 2.56. The molecule has 0 aromatic carbocycles. The molecular weight excluding hydrogens is 414 g/mol. The van der Waals surface area contributed by atoms with Crippen LogP contribution in [0, 0.1) is 6.92 Å². The van der Waals surface area contributed by atoms with Gasteiger partial charge in [-0.05, 0) is 25.1 Å². The lowest BCUT2D eigenvalue weighted by molar-refractivity contribution is -0.360. The molecule has 2 aromatic rings. The van der Waals surface area contributed by atoms with Gasteiger partial charge in [-0.3, -0.25) is 9.67 Å². The van der Waals surface area contributed by atoms with Crippen LogP contribution >= 0.6 is 0 Å². The summed E-state index contributed by atoms with van der Waals surface area (Å²) in [4.78, 5) is 3.78. The highest BCUT2D eigenvalue weighted by Gasteiger charge is 2.74. The van der Waals surface area contributed by atoms with Crippen molar-refractivity contribution in [2.24, 2.45) is 0 Å². The highest BCUT2D eigenvalue weighted by molar-refractivity contribution is 5.42. The Bertz CT molecular complexity index is 866. The number of nitrogens with two attached hydrogens (primary N) is 1. The summed E-state index contributed by atoms with van der Waals surface area (Å²) in [5, 5.41) is 2.67. The van der Waals surface area contributed by atoms with Crippen molar-refractivity contribution in [2.45, 2.75) is 37.7 Å². The van der Waals surface area contributed by atoms with E-state index in [9.17, 15) is 43.9 Å². The van der Waals surface area contributed by atoms with Gasteiger partial charge in [0.2, 0.25) is 0 Å². The van der Waals surface area contributed by atoms with E-state index in [2.05, 4.69) is 10.1 Å². The lowest BCUT2D eigenvalue weighted by Crippen LogP contribution is -2.50. The van der Waals surface area contributed by atoms with Crippen LogP contribution < -0.4 is 5.73 Å². The molecule has 0 bridgehead atoms. The third kappa shape index (κ3) is 3.71. The molecule has 2 aromatic heterocycles. The van der Waals surface area contributed by atoms with Gasteiger partial charge in [0.15, 0.2) is 0 Å². The summed E-state index contributed by atoms with van der Waals surface area (Å²) in [6, 6.07) is 1.80. The maximum absolute atomic E-state index is 13.7. The van der Waals surface area contributed by atoms with E-state index in [0.29, 0.717) is 0 Å². The Morgan fingerprint density at radius 3 is 2.00 bits per heavy atom. The fourth-order valence-electron chi connectivity index (χ4n) is 2.12. The molecular formula is C14H10F10N4. The van der Waals surface area contributed by atoms with E-state index in [4.69, 9.17) is 5.73 Å². The molecule has 2 heterocycles. The lowest BCUT2D eigenvalue weighted by atomic mass is 10.1. The van der Waals surface area contributed by atoms with E-state index in [1.54, 1.807) is 0 Å². The van der Waals surface area contributed by atoms with Crippen LogP contribution in [0.15, 0.2) is 18.2 Å². The maximum Gasteiger partial charge on any atom is 0.460 e. The molecule has 0 unspecified atom stereocenters. The van der Waals surface area contributed by atoms with Gasteiger partial charge in [-0.15, -0.1) is 0 Å². The molecule has 2 N–H and O–H groups in total. The number of nitrogens with zero attached hydrogens (tertiary/aromatic N) is 3. The van der Waals surface area contributed by atoms with Crippen molar-refractivity contribution in [3.63, 3.8) is 0 Å². The largest absolute Gasteiger partial charge is 0.460 e. The van der Waals surface area contributed by atoms with Crippen LogP contribution in [-0.2, 0) is 18.6 Å². The first-order chi connectivity index (χ1) is 12.5. The van der Waals surface area contributed by atoms with Crippen LogP contribution in [0.4, 0.5) is 49.6 Å². The van der Waals surface area contributed by atoms with Crippen LogP contribution in [0.25, 0.3) is 0 Å². The zero-order valence-corrected chi connectivity index (χ0v) is 13.6. The van der Waals surface area contributed by atoms with E-state index >= 15 is 0 Å². The summed E-state index contributed by atoms with van der Waals surface area (Å²) >= 11 is 0. The minimum atomic E-state index is -6.71. The first-order valence-electron chi connectivity index (χ1n) is 7.18. The van der Waals surface area contributed by atoms with Crippen LogP contribution in [0.1, 0.15) is 22.8 Å². The maximum atomic E-state index is 13.7. The molecule has 14 heteroatoms. The van der Waals surface area contributed by atoms with Crippen molar-refractivity contribution in [1.29, 1.82) is 0 Å². The van der Waals surface area contributed by atoms with Crippen molar-refractivity contribution in [2.75, 3.05) is 5.73 Å². The van der Waals surface area contributed by atoms with Gasteiger partial charge in [0.25, 0.3) is 0 Å². The second-order valence-electron chi connectivity index (χ2n) is 5.69. The zero-order chi connectivity index (χ0) is 21.7. The Morgan fingerprint density at radius 2 is 1.54 bits per heavy atom. The summed E-state index contributed by atoms with van der Waals surface area (Å²) in [5.41, 5.74) is 1.32. The number of nitrogen functional groups attached to an aromatic ring is 1. The van der Waals surface area contributed by atoms with Crippen molar-refractivity contribution >= 4 is 5.69 Å². The molecule has 0 aliphatic heterocycles. The monoisotopic (exact) mass is 424 g/mol. The molecule has 0 radical (unpaired) electrons. The topological polar surface area (TPSA) is 56.7 Å². The number of hydrogen-bond donors (Lipinski definition) is 1. The third-order valence-electron chi connectivity index (χ3n) is 3.64. The zero-order valence-electron chi connectivity index (χ0n) is 13.6. The summed E-state index contributed by atoms with van der Waals surface area (Å²) in [6.45, 7) is 0.458. The first-order valence-corrected chi connectivity index (χ1v) is 7.18. The fourth-order valence-corrected chi connectivity index (χ4v) is 2.12. The number of hydrogen-bond acceptors (Lipinski definition) is 3. The van der Waals surface area contributed by atoms with Crippen molar-refractivity contribution in [3.8, 4) is 0 Å².